The molecule has 0 aliphatic carbocycles. The van der Waals surface area contributed by atoms with Crippen molar-refractivity contribution in [3.63, 3.8) is 0 Å². The molecule has 2 unspecified atom stereocenters. The molecule has 3 nitrogen and oxygen atoms in total. The fraction of sp³-hybridized carbons (Fsp3) is 0.933. The third kappa shape index (κ3) is 3.47. The lowest BCUT2D eigenvalue weighted by molar-refractivity contribution is -0.130. The lowest BCUT2D eigenvalue weighted by Gasteiger charge is -2.29. The van der Waals surface area contributed by atoms with Crippen LogP contribution < -0.4 is 5.32 Å². The predicted molar refractivity (Wildman–Crippen MR) is 76.1 cm³/mol. The van der Waals surface area contributed by atoms with Gasteiger partial charge in [0.05, 0.1) is 12.7 Å². The number of carbonyl (C=O) groups is 1. The van der Waals surface area contributed by atoms with E-state index in [9.17, 15) is 4.79 Å². The summed E-state index contributed by atoms with van der Waals surface area (Å²) in [5.41, 5.74) is 0. The van der Waals surface area contributed by atoms with E-state index < -0.39 is 0 Å². The number of nitrogens with zero attached hydrogens (tertiary/aromatic N) is 1. The van der Waals surface area contributed by atoms with Crippen molar-refractivity contribution in [2.75, 3.05) is 13.2 Å². The number of rotatable bonds is 6. The maximum absolute atomic E-state index is 12.3. The summed E-state index contributed by atoms with van der Waals surface area (Å²) in [7, 11) is 0. The molecule has 2 atom stereocenters. The highest BCUT2D eigenvalue weighted by Crippen LogP contribution is 2.24. The van der Waals surface area contributed by atoms with Gasteiger partial charge in [0.25, 0.3) is 0 Å². The molecule has 3 heteroatoms. The predicted octanol–water partition coefficient (Wildman–Crippen LogP) is 2.72. The Balaban J connectivity index is 2.62. The van der Waals surface area contributed by atoms with Crippen molar-refractivity contribution in [2.24, 2.45) is 23.7 Å². The van der Waals surface area contributed by atoms with Crippen LogP contribution >= 0.6 is 0 Å². The van der Waals surface area contributed by atoms with Crippen molar-refractivity contribution in [2.45, 2.75) is 54.0 Å². The van der Waals surface area contributed by atoms with Gasteiger partial charge in [0.15, 0.2) is 0 Å². The van der Waals surface area contributed by atoms with E-state index >= 15 is 0 Å². The Labute approximate surface area is 112 Å². The van der Waals surface area contributed by atoms with Gasteiger partial charge < -0.3 is 4.90 Å². The summed E-state index contributed by atoms with van der Waals surface area (Å²) in [6, 6.07) is 0.0370. The van der Waals surface area contributed by atoms with Gasteiger partial charge in [-0.25, -0.2) is 0 Å². The standard InChI is InChI=1S/C15H30N2O/c1-7-12(6)14-15(18)17(9-16-14)8-13(10(2)3)11(4)5/h10-14,16H,7-9H2,1-6H3. The van der Waals surface area contributed by atoms with Gasteiger partial charge in [0, 0.05) is 6.54 Å². The van der Waals surface area contributed by atoms with Gasteiger partial charge >= 0.3 is 0 Å². The van der Waals surface area contributed by atoms with Crippen LogP contribution in [0.5, 0.6) is 0 Å². The second-order valence-corrected chi connectivity index (χ2v) is 6.44. The van der Waals surface area contributed by atoms with E-state index in [0.717, 1.165) is 19.6 Å². The van der Waals surface area contributed by atoms with Crippen molar-refractivity contribution >= 4 is 5.91 Å². The summed E-state index contributed by atoms with van der Waals surface area (Å²) in [5, 5.41) is 3.37. The van der Waals surface area contributed by atoms with Crippen molar-refractivity contribution in [1.82, 2.24) is 10.2 Å². The minimum Gasteiger partial charge on any atom is -0.328 e. The molecule has 0 saturated carbocycles. The van der Waals surface area contributed by atoms with Crippen LogP contribution in [0.4, 0.5) is 0 Å². The first-order valence-electron chi connectivity index (χ1n) is 7.40. The molecule has 1 aliphatic heterocycles. The highest BCUT2D eigenvalue weighted by Gasteiger charge is 2.35. The molecule has 18 heavy (non-hydrogen) atoms. The molecule has 0 radical (unpaired) electrons. The Hall–Kier alpha value is -0.570. The van der Waals surface area contributed by atoms with Gasteiger partial charge in [-0.3, -0.25) is 10.1 Å². The zero-order valence-corrected chi connectivity index (χ0v) is 12.9. The molecule has 0 spiro atoms. The Morgan fingerprint density at radius 2 is 1.78 bits per heavy atom. The molecule has 0 aromatic carbocycles. The maximum Gasteiger partial charge on any atom is 0.241 e. The fourth-order valence-corrected chi connectivity index (χ4v) is 2.85. The molecule has 1 rings (SSSR count). The van der Waals surface area contributed by atoms with E-state index in [4.69, 9.17) is 0 Å². The van der Waals surface area contributed by atoms with Gasteiger partial charge in [0.1, 0.15) is 0 Å². The summed E-state index contributed by atoms with van der Waals surface area (Å²) in [5.74, 6) is 2.57. The third-order valence-corrected chi connectivity index (χ3v) is 4.44. The molecule has 0 aromatic rings. The molecule has 0 bridgehead atoms. The topological polar surface area (TPSA) is 32.3 Å². The first-order valence-corrected chi connectivity index (χ1v) is 7.40. The quantitative estimate of drug-likeness (QED) is 0.790. The molecule has 1 heterocycles. The summed E-state index contributed by atoms with van der Waals surface area (Å²) >= 11 is 0. The molecule has 1 aliphatic rings. The van der Waals surface area contributed by atoms with Crippen molar-refractivity contribution in [1.29, 1.82) is 0 Å². The van der Waals surface area contributed by atoms with E-state index in [1.807, 2.05) is 4.90 Å². The van der Waals surface area contributed by atoms with E-state index in [1.165, 1.54) is 0 Å². The van der Waals surface area contributed by atoms with Crippen molar-refractivity contribution < 1.29 is 4.79 Å². The SMILES string of the molecule is CCC(C)C1NCN(CC(C(C)C)C(C)C)C1=O. The van der Waals surface area contributed by atoms with E-state index in [1.54, 1.807) is 0 Å². The van der Waals surface area contributed by atoms with Gasteiger partial charge in [-0.15, -0.1) is 0 Å². The Bertz CT molecular complexity index is 268. The Kier molecular flexibility index (Phi) is 5.64. The lowest BCUT2D eigenvalue weighted by atomic mass is 9.85. The molecule has 1 fully saturated rings. The van der Waals surface area contributed by atoms with Gasteiger partial charge in [-0.2, -0.15) is 0 Å². The first-order chi connectivity index (χ1) is 8.38. The minimum atomic E-state index is 0.0370. The number of carbonyl (C=O) groups excluding carboxylic acids is 1. The number of nitrogens with one attached hydrogen (secondary N) is 1. The zero-order chi connectivity index (χ0) is 13.9. The third-order valence-electron chi connectivity index (χ3n) is 4.44. The fourth-order valence-electron chi connectivity index (χ4n) is 2.85. The zero-order valence-electron chi connectivity index (χ0n) is 12.9. The highest BCUT2D eigenvalue weighted by atomic mass is 16.2. The molecular formula is C15H30N2O. The summed E-state index contributed by atoms with van der Waals surface area (Å²) < 4.78 is 0. The number of hydrogen-bond donors (Lipinski definition) is 1. The summed E-state index contributed by atoms with van der Waals surface area (Å²) in [6.45, 7) is 14.9. The second-order valence-electron chi connectivity index (χ2n) is 6.44. The van der Waals surface area contributed by atoms with Crippen LogP contribution in [0.3, 0.4) is 0 Å². The molecule has 0 aromatic heterocycles. The molecular weight excluding hydrogens is 224 g/mol. The normalized spacial score (nSPS) is 22.6. The number of amides is 1. The Morgan fingerprint density at radius 1 is 1.22 bits per heavy atom. The molecule has 1 saturated heterocycles. The Morgan fingerprint density at radius 3 is 2.22 bits per heavy atom. The molecule has 1 amide bonds. The van der Waals surface area contributed by atoms with Crippen LogP contribution in [-0.2, 0) is 4.79 Å². The average Bonchev–Trinajstić information content (AvgIpc) is 2.65. The minimum absolute atomic E-state index is 0.0370. The van der Waals surface area contributed by atoms with Crippen LogP contribution in [0.25, 0.3) is 0 Å². The van der Waals surface area contributed by atoms with Gasteiger partial charge in [-0.05, 0) is 23.7 Å². The van der Waals surface area contributed by atoms with Crippen LogP contribution in [-0.4, -0.2) is 30.1 Å². The highest BCUT2D eigenvalue weighted by molar-refractivity contribution is 5.84. The largest absolute Gasteiger partial charge is 0.328 e. The van der Waals surface area contributed by atoms with Crippen molar-refractivity contribution in [3.05, 3.63) is 0 Å². The summed E-state index contributed by atoms with van der Waals surface area (Å²) in [4.78, 5) is 14.4. The monoisotopic (exact) mass is 254 g/mol. The van der Waals surface area contributed by atoms with Gasteiger partial charge in [0.2, 0.25) is 5.91 Å². The average molecular weight is 254 g/mol. The van der Waals surface area contributed by atoms with Gasteiger partial charge in [-0.1, -0.05) is 48.0 Å². The molecule has 106 valence electrons. The van der Waals surface area contributed by atoms with Crippen LogP contribution in [0, 0.1) is 23.7 Å². The van der Waals surface area contributed by atoms with E-state index in [-0.39, 0.29) is 6.04 Å². The lowest BCUT2D eigenvalue weighted by Crippen LogP contribution is -2.39. The number of hydrogen-bond acceptors (Lipinski definition) is 2. The smallest absolute Gasteiger partial charge is 0.241 e. The van der Waals surface area contributed by atoms with E-state index in [0.29, 0.717) is 29.6 Å². The van der Waals surface area contributed by atoms with Crippen LogP contribution in [0.1, 0.15) is 48.0 Å². The summed E-state index contributed by atoms with van der Waals surface area (Å²) in [6.07, 6.45) is 1.05. The van der Waals surface area contributed by atoms with Crippen molar-refractivity contribution in [3.8, 4) is 0 Å². The second kappa shape index (κ2) is 6.55. The maximum atomic E-state index is 12.3. The molecule has 1 N–H and O–H groups in total. The van der Waals surface area contributed by atoms with Crippen LogP contribution in [0.15, 0.2) is 0 Å². The van der Waals surface area contributed by atoms with Crippen LogP contribution in [0.2, 0.25) is 0 Å². The first kappa shape index (κ1) is 15.5. The van der Waals surface area contributed by atoms with E-state index in [2.05, 4.69) is 46.9 Å².